The molecule has 0 atom stereocenters. The maximum Gasteiger partial charge on any atom is 0.275 e. The summed E-state index contributed by atoms with van der Waals surface area (Å²) in [7, 11) is 3.27. The summed E-state index contributed by atoms with van der Waals surface area (Å²) in [6, 6.07) is 0. The minimum absolute atomic E-state index is 0.183. The first-order valence-electron chi connectivity index (χ1n) is 8.28. The van der Waals surface area contributed by atoms with E-state index in [9.17, 15) is 9.59 Å². The largest absolute Gasteiger partial charge is 0.338 e. The van der Waals surface area contributed by atoms with Crippen molar-refractivity contribution in [3.63, 3.8) is 0 Å². The molecule has 10 heteroatoms. The van der Waals surface area contributed by atoms with Crippen molar-refractivity contribution in [1.29, 1.82) is 0 Å². The molecule has 2 N–H and O–H groups in total. The van der Waals surface area contributed by atoms with Gasteiger partial charge in [0.05, 0.1) is 21.4 Å². The predicted octanol–water partition coefficient (Wildman–Crippen LogP) is 2.41. The van der Waals surface area contributed by atoms with Gasteiger partial charge in [-0.2, -0.15) is 10.2 Å². The number of rotatable bonds is 7. The Kier molecular flexibility index (Phi) is 6.66. The molecule has 142 valence electrons. The lowest BCUT2D eigenvalue weighted by Gasteiger charge is -2.21. The molecule has 0 unspecified atom stereocenters. The third kappa shape index (κ3) is 4.02. The van der Waals surface area contributed by atoms with Gasteiger partial charge in [-0.05, 0) is 12.8 Å². The molecule has 0 fully saturated rings. The molecule has 2 aromatic heterocycles. The summed E-state index contributed by atoms with van der Waals surface area (Å²) in [5, 5.41) is 14.2. The van der Waals surface area contributed by atoms with Gasteiger partial charge in [0.1, 0.15) is 0 Å². The number of carbonyl (C=O) groups is 2. The highest BCUT2D eigenvalue weighted by atomic mass is 35.5. The fourth-order valence-corrected chi connectivity index (χ4v) is 2.94. The molecule has 2 heterocycles. The Morgan fingerprint density at radius 2 is 1.19 bits per heavy atom. The zero-order chi connectivity index (χ0) is 19.4. The number of aromatic nitrogens is 4. The number of nitrogens with one attached hydrogen (secondary N) is 2. The van der Waals surface area contributed by atoms with E-state index >= 15 is 0 Å². The van der Waals surface area contributed by atoms with Crippen LogP contribution in [-0.4, -0.2) is 69.2 Å². The van der Waals surface area contributed by atoms with E-state index in [1.54, 1.807) is 14.1 Å². The van der Waals surface area contributed by atoms with Gasteiger partial charge in [-0.1, -0.05) is 37.0 Å². The predicted molar refractivity (Wildman–Crippen MR) is 99.9 cm³/mol. The lowest BCUT2D eigenvalue weighted by atomic mass is 10.2. The van der Waals surface area contributed by atoms with Crippen LogP contribution in [0.2, 0.25) is 10.0 Å². The number of hydrogen-bond donors (Lipinski definition) is 2. The second kappa shape index (κ2) is 8.55. The molecule has 0 aliphatic heterocycles. The number of nitrogens with zero attached hydrogens (tertiary/aromatic N) is 4. The maximum atomic E-state index is 12.5. The molecule has 0 bridgehead atoms. The molecule has 0 spiro atoms. The first-order chi connectivity index (χ1) is 12.3. The zero-order valence-corrected chi connectivity index (χ0v) is 16.7. The van der Waals surface area contributed by atoms with Gasteiger partial charge >= 0.3 is 0 Å². The highest BCUT2D eigenvalue weighted by Crippen LogP contribution is 2.21. The van der Waals surface area contributed by atoms with Gasteiger partial charge in [-0.3, -0.25) is 19.8 Å². The van der Waals surface area contributed by atoms with E-state index in [-0.39, 0.29) is 23.2 Å². The van der Waals surface area contributed by atoms with Crippen LogP contribution in [0, 0.1) is 0 Å². The lowest BCUT2D eigenvalue weighted by Crippen LogP contribution is -2.37. The van der Waals surface area contributed by atoms with Crippen LogP contribution in [-0.2, 0) is 12.8 Å². The summed E-state index contributed by atoms with van der Waals surface area (Å²) in [4.78, 5) is 27.9. The molecule has 0 saturated carbocycles. The summed E-state index contributed by atoms with van der Waals surface area (Å²) in [5.41, 5.74) is 1.80. The van der Waals surface area contributed by atoms with Gasteiger partial charge in [-0.25, -0.2) is 0 Å². The van der Waals surface area contributed by atoms with Crippen molar-refractivity contribution in [1.82, 2.24) is 30.2 Å². The average Bonchev–Trinajstić information content (AvgIpc) is 3.19. The van der Waals surface area contributed by atoms with E-state index < -0.39 is 0 Å². The Morgan fingerprint density at radius 1 is 0.846 bits per heavy atom. The van der Waals surface area contributed by atoms with E-state index in [4.69, 9.17) is 23.2 Å². The number of hydrogen-bond acceptors (Lipinski definition) is 4. The summed E-state index contributed by atoms with van der Waals surface area (Å²) in [6.07, 6.45) is 1.31. The lowest BCUT2D eigenvalue weighted by molar-refractivity contribution is 0.0713. The molecule has 0 saturated heterocycles. The third-order valence-corrected chi connectivity index (χ3v) is 4.94. The van der Waals surface area contributed by atoms with E-state index in [1.165, 1.54) is 9.80 Å². The monoisotopic (exact) mass is 400 g/mol. The molecule has 2 amide bonds. The maximum absolute atomic E-state index is 12.5. The average molecular weight is 401 g/mol. The Bertz CT molecular complexity index is 735. The van der Waals surface area contributed by atoms with E-state index in [0.29, 0.717) is 36.0 Å². The van der Waals surface area contributed by atoms with Gasteiger partial charge in [0.25, 0.3) is 11.8 Å². The van der Waals surface area contributed by atoms with Crippen molar-refractivity contribution >= 4 is 35.0 Å². The van der Waals surface area contributed by atoms with Crippen LogP contribution in [0.4, 0.5) is 0 Å². The molecule has 0 aromatic carbocycles. The smallest absolute Gasteiger partial charge is 0.275 e. The van der Waals surface area contributed by atoms with Crippen LogP contribution in [0.15, 0.2) is 0 Å². The first-order valence-corrected chi connectivity index (χ1v) is 9.03. The second-order valence-corrected chi connectivity index (χ2v) is 6.65. The first kappa shape index (κ1) is 20.3. The molecule has 0 aliphatic rings. The van der Waals surface area contributed by atoms with Crippen molar-refractivity contribution in [3.8, 4) is 0 Å². The van der Waals surface area contributed by atoms with Crippen molar-refractivity contribution in [2.45, 2.75) is 26.7 Å². The van der Waals surface area contributed by atoms with Crippen molar-refractivity contribution < 1.29 is 9.59 Å². The summed E-state index contributed by atoms with van der Waals surface area (Å²) in [5.74, 6) is -0.615. The standard InChI is InChI=1S/C16H22Cl2N6O2/c1-5-9-11(17)13(21-19-9)15(25)23(3)7-8-24(4)16(26)14-12(18)10(6-2)20-22-14/h5-8H2,1-4H3,(H,19,21)(H,20,22). The highest BCUT2D eigenvalue weighted by molar-refractivity contribution is 6.34. The minimum atomic E-state index is -0.308. The van der Waals surface area contributed by atoms with Crippen LogP contribution >= 0.6 is 23.2 Å². The van der Waals surface area contributed by atoms with Crippen LogP contribution in [0.3, 0.4) is 0 Å². The zero-order valence-electron chi connectivity index (χ0n) is 15.2. The molecular weight excluding hydrogens is 379 g/mol. The number of amides is 2. The Morgan fingerprint density at radius 3 is 1.46 bits per heavy atom. The third-order valence-electron chi connectivity index (χ3n) is 4.13. The van der Waals surface area contributed by atoms with Crippen LogP contribution in [0.25, 0.3) is 0 Å². The highest BCUT2D eigenvalue weighted by Gasteiger charge is 2.23. The van der Waals surface area contributed by atoms with Crippen LogP contribution in [0.5, 0.6) is 0 Å². The number of aromatic amines is 2. The van der Waals surface area contributed by atoms with Gasteiger partial charge in [0.15, 0.2) is 11.4 Å². The van der Waals surface area contributed by atoms with Gasteiger partial charge in [-0.15, -0.1) is 0 Å². The number of likely N-dealkylation sites (N-methyl/N-ethyl adjacent to an activating group) is 2. The Labute approximate surface area is 161 Å². The molecule has 8 nitrogen and oxygen atoms in total. The van der Waals surface area contributed by atoms with E-state index in [0.717, 1.165) is 11.4 Å². The molecule has 2 rings (SSSR count). The van der Waals surface area contributed by atoms with Crippen molar-refractivity contribution in [3.05, 3.63) is 32.8 Å². The fourth-order valence-electron chi connectivity index (χ4n) is 2.35. The molecular formula is C16H22Cl2N6O2. The quantitative estimate of drug-likeness (QED) is 0.745. The summed E-state index contributed by atoms with van der Waals surface area (Å²) < 4.78 is 0. The summed E-state index contributed by atoms with van der Waals surface area (Å²) >= 11 is 12.3. The van der Waals surface area contributed by atoms with Crippen molar-refractivity contribution in [2.75, 3.05) is 27.2 Å². The fraction of sp³-hybridized carbons (Fsp3) is 0.500. The van der Waals surface area contributed by atoms with Crippen LogP contribution in [0.1, 0.15) is 46.2 Å². The molecule has 0 radical (unpaired) electrons. The molecule has 0 aliphatic carbocycles. The topological polar surface area (TPSA) is 98.0 Å². The van der Waals surface area contributed by atoms with E-state index in [2.05, 4.69) is 20.4 Å². The molecule has 26 heavy (non-hydrogen) atoms. The normalized spacial score (nSPS) is 10.8. The number of carbonyl (C=O) groups excluding carboxylic acids is 2. The summed E-state index contributed by atoms with van der Waals surface area (Å²) in [6.45, 7) is 4.47. The Hall–Kier alpha value is -2.06. The van der Waals surface area contributed by atoms with Gasteiger partial charge in [0, 0.05) is 27.2 Å². The van der Waals surface area contributed by atoms with E-state index in [1.807, 2.05) is 13.8 Å². The minimum Gasteiger partial charge on any atom is -0.338 e. The SMILES string of the molecule is CCc1[nH]nc(C(=O)N(C)CCN(C)C(=O)c2n[nH]c(CC)c2Cl)c1Cl. The number of H-pyrrole nitrogens is 2. The van der Waals surface area contributed by atoms with Crippen LogP contribution < -0.4 is 0 Å². The number of aryl methyl sites for hydroxylation is 2. The Balaban J connectivity index is 1.98. The van der Waals surface area contributed by atoms with Crippen molar-refractivity contribution in [2.24, 2.45) is 0 Å². The molecule has 2 aromatic rings. The second-order valence-electron chi connectivity index (χ2n) is 5.89. The van der Waals surface area contributed by atoms with Gasteiger partial charge in [0.2, 0.25) is 0 Å². The van der Waals surface area contributed by atoms with Gasteiger partial charge < -0.3 is 9.80 Å². The number of halogens is 2.